The maximum Gasteiger partial charge on any atom is 0.274 e. The van der Waals surface area contributed by atoms with Crippen LogP contribution >= 0.6 is 15.9 Å². The first kappa shape index (κ1) is 13.4. The summed E-state index contributed by atoms with van der Waals surface area (Å²) in [6, 6.07) is 7.74. The maximum absolute atomic E-state index is 11.3. The molecule has 0 aliphatic rings. The third kappa shape index (κ3) is 3.47. The predicted octanol–water partition coefficient (Wildman–Crippen LogP) is 2.07. The van der Waals surface area contributed by atoms with Gasteiger partial charge in [0.05, 0.1) is 5.71 Å². The van der Waals surface area contributed by atoms with Crippen molar-refractivity contribution < 1.29 is 0 Å². The number of aryl methyl sites for hydroxylation is 1. The molecule has 2 aromatic rings. The summed E-state index contributed by atoms with van der Waals surface area (Å²) in [7, 11) is 0. The fourth-order valence-corrected chi connectivity index (χ4v) is 1.60. The number of rotatable bonds is 3. The number of anilines is 1. The number of hydrazone groups is 1. The number of benzene rings is 1. The van der Waals surface area contributed by atoms with Crippen molar-refractivity contribution in [3.63, 3.8) is 0 Å². The van der Waals surface area contributed by atoms with Gasteiger partial charge in [-0.25, -0.2) is 5.43 Å². The molecule has 0 saturated heterocycles. The molecule has 2 N–H and O–H groups in total. The third-order valence-electron chi connectivity index (χ3n) is 2.45. The van der Waals surface area contributed by atoms with E-state index < -0.39 is 0 Å². The molecule has 0 unspecified atom stereocenters. The van der Waals surface area contributed by atoms with Gasteiger partial charge in [-0.15, -0.1) is 10.2 Å². The van der Waals surface area contributed by atoms with E-state index in [0.29, 0.717) is 5.69 Å². The number of aromatic amines is 1. The minimum absolute atomic E-state index is 0.215. The SMILES string of the molecule is CC(=NNc1nnc(C)c(=O)[nH]1)c1ccc(Br)cc1. The van der Waals surface area contributed by atoms with E-state index in [1.165, 1.54) is 0 Å². The molecule has 19 heavy (non-hydrogen) atoms. The van der Waals surface area contributed by atoms with E-state index in [-0.39, 0.29) is 11.5 Å². The monoisotopic (exact) mass is 321 g/mol. The number of hydrogen-bond donors (Lipinski definition) is 2. The summed E-state index contributed by atoms with van der Waals surface area (Å²) in [5.41, 5.74) is 4.45. The number of halogens is 1. The smallest absolute Gasteiger partial charge is 0.274 e. The Hall–Kier alpha value is -2.02. The molecular formula is C12H12BrN5O. The molecule has 0 spiro atoms. The fourth-order valence-electron chi connectivity index (χ4n) is 1.34. The van der Waals surface area contributed by atoms with Crippen LogP contribution in [0.5, 0.6) is 0 Å². The van der Waals surface area contributed by atoms with Gasteiger partial charge >= 0.3 is 0 Å². The van der Waals surface area contributed by atoms with Crippen molar-refractivity contribution in [3.8, 4) is 0 Å². The molecule has 6 nitrogen and oxygen atoms in total. The molecule has 2 rings (SSSR count). The normalized spacial score (nSPS) is 11.4. The number of hydrogen-bond acceptors (Lipinski definition) is 5. The van der Waals surface area contributed by atoms with Crippen LogP contribution in [-0.2, 0) is 0 Å². The Balaban J connectivity index is 2.15. The van der Waals surface area contributed by atoms with Crippen molar-refractivity contribution in [2.45, 2.75) is 13.8 Å². The van der Waals surface area contributed by atoms with Gasteiger partial charge in [-0.05, 0) is 31.5 Å². The van der Waals surface area contributed by atoms with E-state index in [4.69, 9.17) is 0 Å². The van der Waals surface area contributed by atoms with Gasteiger partial charge in [-0.2, -0.15) is 5.10 Å². The quantitative estimate of drug-likeness (QED) is 0.669. The summed E-state index contributed by atoms with van der Waals surface area (Å²) in [6.45, 7) is 3.45. The average Bonchev–Trinajstić information content (AvgIpc) is 2.40. The highest BCUT2D eigenvalue weighted by atomic mass is 79.9. The molecule has 7 heteroatoms. The first-order valence-corrected chi connectivity index (χ1v) is 6.35. The molecule has 1 heterocycles. The Morgan fingerprint density at radius 2 is 2.00 bits per heavy atom. The zero-order chi connectivity index (χ0) is 13.8. The van der Waals surface area contributed by atoms with Gasteiger partial charge in [-0.1, -0.05) is 28.1 Å². The first-order chi connectivity index (χ1) is 9.06. The lowest BCUT2D eigenvalue weighted by Crippen LogP contribution is -2.16. The third-order valence-corrected chi connectivity index (χ3v) is 2.98. The minimum Gasteiger partial charge on any atom is -0.288 e. The van der Waals surface area contributed by atoms with Crippen LogP contribution in [0.3, 0.4) is 0 Å². The topological polar surface area (TPSA) is 83.0 Å². The number of aromatic nitrogens is 3. The highest BCUT2D eigenvalue weighted by Gasteiger charge is 2.00. The van der Waals surface area contributed by atoms with Gasteiger partial charge in [0.2, 0.25) is 5.95 Å². The highest BCUT2D eigenvalue weighted by Crippen LogP contribution is 2.11. The Morgan fingerprint density at radius 3 is 2.63 bits per heavy atom. The van der Waals surface area contributed by atoms with Crippen LogP contribution < -0.4 is 11.0 Å². The summed E-state index contributed by atoms with van der Waals surface area (Å²) in [5.74, 6) is 0.215. The molecule has 0 radical (unpaired) electrons. The maximum atomic E-state index is 11.3. The minimum atomic E-state index is -0.283. The molecule has 0 saturated carbocycles. The molecule has 0 amide bonds. The molecule has 0 aliphatic heterocycles. The Kier molecular flexibility index (Phi) is 4.06. The van der Waals surface area contributed by atoms with Crippen molar-refractivity contribution in [3.05, 3.63) is 50.3 Å². The molecular weight excluding hydrogens is 310 g/mol. The number of nitrogens with zero attached hydrogens (tertiary/aromatic N) is 3. The van der Waals surface area contributed by atoms with Crippen LogP contribution in [0.25, 0.3) is 0 Å². The van der Waals surface area contributed by atoms with Gasteiger partial charge < -0.3 is 0 Å². The Morgan fingerprint density at radius 1 is 1.32 bits per heavy atom. The number of H-pyrrole nitrogens is 1. The molecule has 0 aliphatic carbocycles. The summed E-state index contributed by atoms with van der Waals surface area (Å²) in [4.78, 5) is 13.9. The molecule has 0 bridgehead atoms. The summed E-state index contributed by atoms with van der Waals surface area (Å²) in [5, 5.41) is 11.6. The van der Waals surface area contributed by atoms with Crippen LogP contribution in [0.2, 0.25) is 0 Å². The predicted molar refractivity (Wildman–Crippen MR) is 77.4 cm³/mol. The zero-order valence-corrected chi connectivity index (χ0v) is 12.0. The molecule has 1 aromatic carbocycles. The lowest BCUT2D eigenvalue weighted by atomic mass is 10.1. The second-order valence-electron chi connectivity index (χ2n) is 3.90. The van der Waals surface area contributed by atoms with Crippen molar-refractivity contribution in [1.82, 2.24) is 15.2 Å². The second kappa shape index (κ2) is 5.75. The highest BCUT2D eigenvalue weighted by molar-refractivity contribution is 9.10. The van der Waals surface area contributed by atoms with Crippen molar-refractivity contribution in [2.75, 3.05) is 5.43 Å². The fraction of sp³-hybridized carbons (Fsp3) is 0.167. The van der Waals surface area contributed by atoms with Crippen LogP contribution in [-0.4, -0.2) is 20.9 Å². The van der Waals surface area contributed by atoms with Crippen LogP contribution in [0.4, 0.5) is 5.95 Å². The Labute approximate surface area is 118 Å². The summed E-state index contributed by atoms with van der Waals surface area (Å²) in [6.07, 6.45) is 0. The van der Waals surface area contributed by atoms with Crippen molar-refractivity contribution >= 4 is 27.6 Å². The van der Waals surface area contributed by atoms with Gasteiger partial charge in [0.1, 0.15) is 5.69 Å². The van der Waals surface area contributed by atoms with Gasteiger partial charge in [0, 0.05) is 4.47 Å². The van der Waals surface area contributed by atoms with E-state index in [1.54, 1.807) is 6.92 Å². The van der Waals surface area contributed by atoms with Crippen LogP contribution in [0.15, 0.2) is 38.6 Å². The van der Waals surface area contributed by atoms with E-state index in [2.05, 4.69) is 41.6 Å². The lowest BCUT2D eigenvalue weighted by Gasteiger charge is -2.02. The van der Waals surface area contributed by atoms with Crippen molar-refractivity contribution in [1.29, 1.82) is 0 Å². The average molecular weight is 322 g/mol. The molecule has 0 fully saturated rings. The summed E-state index contributed by atoms with van der Waals surface area (Å²) < 4.78 is 1.01. The molecule has 1 aromatic heterocycles. The van der Waals surface area contributed by atoms with Gasteiger partial charge in [0.15, 0.2) is 0 Å². The van der Waals surface area contributed by atoms with Crippen molar-refractivity contribution in [2.24, 2.45) is 5.10 Å². The molecule has 0 atom stereocenters. The second-order valence-corrected chi connectivity index (χ2v) is 4.82. The first-order valence-electron chi connectivity index (χ1n) is 5.56. The Bertz CT molecular complexity index is 663. The largest absolute Gasteiger partial charge is 0.288 e. The van der Waals surface area contributed by atoms with Crippen LogP contribution in [0.1, 0.15) is 18.2 Å². The number of nitrogens with one attached hydrogen (secondary N) is 2. The van der Waals surface area contributed by atoms with E-state index in [1.807, 2.05) is 31.2 Å². The zero-order valence-electron chi connectivity index (χ0n) is 10.4. The van der Waals surface area contributed by atoms with Gasteiger partial charge in [0.25, 0.3) is 5.56 Å². The van der Waals surface area contributed by atoms with Crippen LogP contribution in [0, 0.1) is 6.92 Å². The summed E-state index contributed by atoms with van der Waals surface area (Å²) >= 11 is 3.37. The van der Waals surface area contributed by atoms with E-state index >= 15 is 0 Å². The molecule has 98 valence electrons. The van der Waals surface area contributed by atoms with Gasteiger partial charge in [-0.3, -0.25) is 9.78 Å². The lowest BCUT2D eigenvalue weighted by molar-refractivity contribution is 0.897. The van der Waals surface area contributed by atoms with E-state index in [0.717, 1.165) is 15.7 Å². The van der Waals surface area contributed by atoms with E-state index in [9.17, 15) is 4.79 Å². The standard InChI is InChI=1S/C12H12BrN5O/c1-7(9-3-5-10(13)6-4-9)15-17-12-14-11(19)8(2)16-18-12/h3-6H,1-2H3,(H2,14,17,18,19).